The van der Waals surface area contributed by atoms with Crippen LogP contribution in [0.5, 0.6) is 5.75 Å². The number of carbonyl (C=O) groups excluding carboxylic acids is 2. The molecule has 1 heterocycles. The molecule has 0 aliphatic heterocycles. The van der Waals surface area contributed by atoms with Crippen molar-refractivity contribution in [3.8, 4) is 5.75 Å². The van der Waals surface area contributed by atoms with Crippen LogP contribution in [-0.4, -0.2) is 27.7 Å². The molecule has 0 spiro atoms. The molecule has 0 aliphatic rings. The number of carbonyl (C=O) groups is 2. The molecule has 2 aromatic rings. The molecule has 0 N–H and O–H groups in total. The van der Waals surface area contributed by atoms with Crippen molar-refractivity contribution >= 4 is 11.6 Å². The number of aryl methyl sites for hydroxylation is 1. The lowest BCUT2D eigenvalue weighted by Crippen LogP contribution is -2.13. The number of benzene rings is 1. The van der Waals surface area contributed by atoms with Crippen LogP contribution in [-0.2, 0) is 7.05 Å². The Morgan fingerprint density at radius 1 is 1.25 bits per heavy atom. The van der Waals surface area contributed by atoms with Crippen molar-refractivity contribution in [2.75, 3.05) is 6.61 Å². The summed E-state index contributed by atoms with van der Waals surface area (Å²) in [5.74, 6) is 0.232. The van der Waals surface area contributed by atoms with Crippen LogP contribution in [0.3, 0.4) is 0 Å². The van der Waals surface area contributed by atoms with Crippen LogP contribution in [0.25, 0.3) is 0 Å². The normalized spacial score (nSPS) is 10.3. The van der Waals surface area contributed by atoms with Crippen LogP contribution in [0.15, 0.2) is 36.7 Å². The van der Waals surface area contributed by atoms with Crippen molar-refractivity contribution in [3.63, 3.8) is 0 Å². The summed E-state index contributed by atoms with van der Waals surface area (Å²) in [6, 6.07) is 6.93. The van der Waals surface area contributed by atoms with E-state index in [9.17, 15) is 9.59 Å². The van der Waals surface area contributed by atoms with E-state index in [2.05, 4.69) is 4.98 Å². The highest BCUT2D eigenvalue weighted by atomic mass is 16.5. The van der Waals surface area contributed by atoms with Gasteiger partial charge < -0.3 is 9.30 Å². The summed E-state index contributed by atoms with van der Waals surface area (Å²) in [7, 11) is 1.72. The molecule has 0 atom stereocenters. The van der Waals surface area contributed by atoms with Gasteiger partial charge in [-0.15, -0.1) is 0 Å². The SMILES string of the molecule is CCOc1ccccc1C(=O)CC(=O)c1nccn1C. The Hall–Kier alpha value is -2.43. The number of ether oxygens (including phenoxy) is 1. The lowest BCUT2D eigenvalue weighted by atomic mass is 10.0. The second-order valence-electron chi connectivity index (χ2n) is 4.31. The molecular formula is C15H16N2O3. The van der Waals surface area contributed by atoms with E-state index in [1.165, 1.54) is 6.20 Å². The van der Waals surface area contributed by atoms with E-state index < -0.39 is 0 Å². The van der Waals surface area contributed by atoms with Gasteiger partial charge in [0, 0.05) is 19.4 Å². The van der Waals surface area contributed by atoms with Crippen molar-refractivity contribution in [2.24, 2.45) is 7.05 Å². The maximum atomic E-state index is 12.2. The average molecular weight is 272 g/mol. The Labute approximate surface area is 117 Å². The van der Waals surface area contributed by atoms with Crippen LogP contribution in [0, 0.1) is 0 Å². The Morgan fingerprint density at radius 2 is 2.00 bits per heavy atom. The number of Topliss-reactive ketones (excluding diaryl/α,β-unsaturated/α-hetero) is 2. The summed E-state index contributed by atoms with van der Waals surface area (Å²) in [6.07, 6.45) is 2.99. The largest absolute Gasteiger partial charge is 0.493 e. The zero-order valence-corrected chi connectivity index (χ0v) is 11.5. The van der Waals surface area contributed by atoms with Gasteiger partial charge in [-0.25, -0.2) is 4.98 Å². The van der Waals surface area contributed by atoms with E-state index in [0.717, 1.165) is 0 Å². The van der Waals surface area contributed by atoms with Crippen LogP contribution >= 0.6 is 0 Å². The Balaban J connectivity index is 2.17. The number of hydrogen-bond acceptors (Lipinski definition) is 4. The van der Waals surface area contributed by atoms with Gasteiger partial charge >= 0.3 is 0 Å². The molecule has 20 heavy (non-hydrogen) atoms. The highest BCUT2D eigenvalue weighted by molar-refractivity contribution is 6.13. The molecule has 104 valence electrons. The quantitative estimate of drug-likeness (QED) is 0.598. The van der Waals surface area contributed by atoms with E-state index in [0.29, 0.717) is 17.9 Å². The third-order valence-corrected chi connectivity index (χ3v) is 2.88. The Kier molecular flexibility index (Phi) is 4.30. The minimum Gasteiger partial charge on any atom is -0.493 e. The van der Waals surface area contributed by atoms with Crippen LogP contribution in [0.2, 0.25) is 0 Å². The molecule has 0 bridgehead atoms. The maximum absolute atomic E-state index is 12.2. The molecule has 1 aromatic carbocycles. The standard InChI is InChI=1S/C15H16N2O3/c1-3-20-14-7-5-4-6-11(14)12(18)10-13(19)15-16-8-9-17(15)2/h4-9H,3,10H2,1-2H3. The molecular weight excluding hydrogens is 256 g/mol. The van der Waals surface area contributed by atoms with Crippen molar-refractivity contribution in [1.29, 1.82) is 0 Å². The number of para-hydroxylation sites is 1. The van der Waals surface area contributed by atoms with E-state index >= 15 is 0 Å². The van der Waals surface area contributed by atoms with E-state index in [4.69, 9.17) is 4.74 Å². The van der Waals surface area contributed by atoms with Gasteiger partial charge in [-0.2, -0.15) is 0 Å². The smallest absolute Gasteiger partial charge is 0.205 e. The third-order valence-electron chi connectivity index (χ3n) is 2.88. The van der Waals surface area contributed by atoms with Gasteiger partial charge in [0.05, 0.1) is 18.6 Å². The summed E-state index contributed by atoms with van der Waals surface area (Å²) in [5.41, 5.74) is 0.428. The van der Waals surface area contributed by atoms with Gasteiger partial charge in [0.2, 0.25) is 5.78 Å². The highest BCUT2D eigenvalue weighted by Crippen LogP contribution is 2.20. The lowest BCUT2D eigenvalue weighted by molar-refractivity contribution is 0.0885. The van der Waals surface area contributed by atoms with E-state index in [1.54, 1.807) is 42.1 Å². The number of imidazole rings is 1. The minimum atomic E-state index is -0.297. The fraction of sp³-hybridized carbons (Fsp3) is 0.267. The van der Waals surface area contributed by atoms with Crippen molar-refractivity contribution in [2.45, 2.75) is 13.3 Å². The second kappa shape index (κ2) is 6.14. The number of rotatable bonds is 6. The molecule has 1 aromatic heterocycles. The number of aromatic nitrogens is 2. The Morgan fingerprint density at radius 3 is 2.65 bits per heavy atom. The summed E-state index contributed by atoms with van der Waals surface area (Å²) in [4.78, 5) is 28.2. The first-order valence-corrected chi connectivity index (χ1v) is 6.39. The number of ketones is 2. The zero-order chi connectivity index (χ0) is 14.5. The third kappa shape index (κ3) is 2.93. The molecule has 0 saturated carbocycles. The fourth-order valence-corrected chi connectivity index (χ4v) is 1.93. The summed E-state index contributed by atoms with van der Waals surface area (Å²) < 4.78 is 7.00. The second-order valence-corrected chi connectivity index (χ2v) is 4.31. The van der Waals surface area contributed by atoms with E-state index in [1.807, 2.05) is 6.92 Å². The summed E-state index contributed by atoms with van der Waals surface area (Å²) in [5, 5.41) is 0. The predicted octanol–water partition coefficient (Wildman–Crippen LogP) is 2.27. The van der Waals surface area contributed by atoms with Gasteiger partial charge in [0.25, 0.3) is 0 Å². The molecule has 0 saturated heterocycles. The van der Waals surface area contributed by atoms with Crippen molar-refractivity contribution < 1.29 is 14.3 Å². The minimum absolute atomic E-state index is 0.213. The van der Waals surface area contributed by atoms with Gasteiger partial charge in [-0.1, -0.05) is 12.1 Å². The fourth-order valence-electron chi connectivity index (χ4n) is 1.93. The van der Waals surface area contributed by atoms with Crippen LogP contribution in [0.4, 0.5) is 0 Å². The number of hydrogen-bond donors (Lipinski definition) is 0. The van der Waals surface area contributed by atoms with Gasteiger partial charge in [0.1, 0.15) is 5.75 Å². The zero-order valence-electron chi connectivity index (χ0n) is 11.5. The molecule has 0 aliphatic carbocycles. The number of nitrogens with zero attached hydrogens (tertiary/aromatic N) is 2. The van der Waals surface area contributed by atoms with Crippen LogP contribution < -0.4 is 4.74 Å². The molecule has 5 heteroatoms. The first-order chi connectivity index (χ1) is 9.63. The van der Waals surface area contributed by atoms with Gasteiger partial charge in [-0.05, 0) is 19.1 Å². The molecule has 0 radical (unpaired) electrons. The topological polar surface area (TPSA) is 61.2 Å². The van der Waals surface area contributed by atoms with Gasteiger partial charge in [-0.3, -0.25) is 9.59 Å². The summed E-state index contributed by atoms with van der Waals surface area (Å²) >= 11 is 0. The molecule has 0 fully saturated rings. The lowest BCUT2D eigenvalue weighted by Gasteiger charge is -2.08. The first kappa shape index (κ1) is 14.0. The molecule has 5 nitrogen and oxygen atoms in total. The van der Waals surface area contributed by atoms with Gasteiger partial charge in [0.15, 0.2) is 11.6 Å². The van der Waals surface area contributed by atoms with Crippen molar-refractivity contribution in [1.82, 2.24) is 9.55 Å². The summed E-state index contributed by atoms with van der Waals surface area (Å²) in [6.45, 7) is 2.32. The molecule has 0 unspecified atom stereocenters. The van der Waals surface area contributed by atoms with Crippen molar-refractivity contribution in [3.05, 3.63) is 48.0 Å². The molecule has 0 amide bonds. The molecule has 2 rings (SSSR count). The first-order valence-electron chi connectivity index (χ1n) is 6.39. The monoisotopic (exact) mass is 272 g/mol. The highest BCUT2D eigenvalue weighted by Gasteiger charge is 2.19. The predicted molar refractivity (Wildman–Crippen MR) is 74.1 cm³/mol. The Bertz CT molecular complexity index is 632. The average Bonchev–Trinajstić information content (AvgIpc) is 2.86. The van der Waals surface area contributed by atoms with E-state index in [-0.39, 0.29) is 23.8 Å². The maximum Gasteiger partial charge on any atom is 0.205 e. The van der Waals surface area contributed by atoms with Crippen LogP contribution in [0.1, 0.15) is 34.3 Å².